The lowest BCUT2D eigenvalue weighted by molar-refractivity contribution is -0.00358. The summed E-state index contributed by atoms with van der Waals surface area (Å²) in [6.45, 7) is 7.16. The Kier molecular flexibility index (Phi) is 5.53. The molecular formula is C20H28N4O2. The SMILES string of the molecule is COc1ccccc1-n1cc(CN2CCCC(N3CCOCC3)C2)cn1. The molecule has 26 heavy (non-hydrogen) atoms. The molecule has 2 aliphatic heterocycles. The number of piperidine rings is 1. The van der Waals surface area contributed by atoms with Crippen LogP contribution in [0.15, 0.2) is 36.7 Å². The molecule has 6 heteroatoms. The van der Waals surface area contributed by atoms with E-state index < -0.39 is 0 Å². The second kappa shape index (κ2) is 8.20. The lowest BCUT2D eigenvalue weighted by Gasteiger charge is -2.40. The van der Waals surface area contributed by atoms with Crippen molar-refractivity contribution in [3.63, 3.8) is 0 Å². The fraction of sp³-hybridized carbons (Fsp3) is 0.550. The number of para-hydroxylation sites is 2. The summed E-state index contributed by atoms with van der Waals surface area (Å²) in [4.78, 5) is 5.17. The topological polar surface area (TPSA) is 42.8 Å². The molecule has 1 unspecified atom stereocenters. The molecule has 0 amide bonds. The van der Waals surface area contributed by atoms with Crippen molar-refractivity contribution >= 4 is 0 Å². The van der Waals surface area contributed by atoms with Crippen molar-refractivity contribution in [3.05, 3.63) is 42.2 Å². The summed E-state index contributed by atoms with van der Waals surface area (Å²) in [5, 5.41) is 4.55. The van der Waals surface area contributed by atoms with Gasteiger partial charge in [-0.25, -0.2) is 4.68 Å². The number of hydrogen-bond donors (Lipinski definition) is 0. The quantitative estimate of drug-likeness (QED) is 0.821. The first-order chi connectivity index (χ1) is 12.8. The summed E-state index contributed by atoms with van der Waals surface area (Å²) in [7, 11) is 1.70. The minimum absolute atomic E-state index is 0.664. The molecule has 140 valence electrons. The highest BCUT2D eigenvalue weighted by Crippen LogP contribution is 2.23. The van der Waals surface area contributed by atoms with Gasteiger partial charge < -0.3 is 9.47 Å². The monoisotopic (exact) mass is 356 g/mol. The zero-order valence-corrected chi connectivity index (χ0v) is 15.5. The summed E-state index contributed by atoms with van der Waals surface area (Å²) < 4.78 is 12.9. The molecule has 2 saturated heterocycles. The number of nitrogens with zero attached hydrogens (tertiary/aromatic N) is 4. The van der Waals surface area contributed by atoms with Gasteiger partial charge in [-0.15, -0.1) is 0 Å². The summed E-state index contributed by atoms with van der Waals surface area (Å²) in [5.41, 5.74) is 2.23. The standard InChI is InChI=1S/C20H28N4O2/c1-25-20-7-3-2-6-19(20)24-15-17(13-21-24)14-22-8-4-5-18(16-22)23-9-11-26-12-10-23/h2-3,6-7,13,15,18H,4-5,8-12,14,16H2,1H3. The van der Waals surface area contributed by atoms with Crippen molar-refractivity contribution in [3.8, 4) is 11.4 Å². The Bertz CT molecular complexity index is 711. The molecule has 4 rings (SSSR count). The highest BCUT2D eigenvalue weighted by Gasteiger charge is 2.26. The molecule has 0 spiro atoms. The minimum atomic E-state index is 0.664. The number of benzene rings is 1. The molecule has 2 aromatic rings. The van der Waals surface area contributed by atoms with Crippen molar-refractivity contribution in [1.82, 2.24) is 19.6 Å². The molecule has 0 N–H and O–H groups in total. The smallest absolute Gasteiger partial charge is 0.144 e. The van der Waals surface area contributed by atoms with Crippen LogP contribution in [0.5, 0.6) is 5.75 Å². The second-order valence-corrected chi connectivity index (χ2v) is 7.14. The average molecular weight is 356 g/mol. The summed E-state index contributed by atoms with van der Waals surface area (Å²) in [6, 6.07) is 8.65. The van der Waals surface area contributed by atoms with Crippen molar-refractivity contribution in [2.45, 2.75) is 25.4 Å². The Morgan fingerprint density at radius 2 is 2.04 bits per heavy atom. The summed E-state index contributed by atoms with van der Waals surface area (Å²) in [5.74, 6) is 0.840. The first-order valence-corrected chi connectivity index (χ1v) is 9.54. The maximum absolute atomic E-state index is 5.50. The van der Waals surface area contributed by atoms with Gasteiger partial charge in [0.1, 0.15) is 11.4 Å². The van der Waals surface area contributed by atoms with Crippen molar-refractivity contribution in [2.75, 3.05) is 46.5 Å². The third-order valence-corrected chi connectivity index (χ3v) is 5.42. The molecule has 3 heterocycles. The minimum Gasteiger partial charge on any atom is -0.494 e. The van der Waals surface area contributed by atoms with Gasteiger partial charge in [0.05, 0.1) is 26.5 Å². The Morgan fingerprint density at radius 3 is 2.88 bits per heavy atom. The van der Waals surface area contributed by atoms with Crippen LogP contribution in [0, 0.1) is 0 Å². The predicted octanol–water partition coefficient (Wildman–Crippen LogP) is 2.18. The van der Waals surface area contributed by atoms with Crippen LogP contribution in [0.1, 0.15) is 18.4 Å². The number of likely N-dealkylation sites (tertiary alicyclic amines) is 1. The van der Waals surface area contributed by atoms with E-state index in [0.717, 1.165) is 50.8 Å². The van der Waals surface area contributed by atoms with Crippen LogP contribution < -0.4 is 4.74 Å². The Labute approximate surface area is 155 Å². The third kappa shape index (κ3) is 3.92. The zero-order valence-electron chi connectivity index (χ0n) is 15.5. The van der Waals surface area contributed by atoms with Crippen molar-refractivity contribution in [1.29, 1.82) is 0 Å². The van der Waals surface area contributed by atoms with Crippen molar-refractivity contribution < 1.29 is 9.47 Å². The summed E-state index contributed by atoms with van der Waals surface area (Å²) in [6.07, 6.45) is 6.67. The predicted molar refractivity (Wildman–Crippen MR) is 101 cm³/mol. The first-order valence-electron chi connectivity index (χ1n) is 9.54. The molecule has 0 radical (unpaired) electrons. The van der Waals surface area contributed by atoms with Gasteiger partial charge in [0.15, 0.2) is 0 Å². The molecule has 1 atom stereocenters. The highest BCUT2D eigenvalue weighted by atomic mass is 16.5. The van der Waals surface area contributed by atoms with E-state index in [0.29, 0.717) is 6.04 Å². The van der Waals surface area contributed by atoms with Gasteiger partial charge in [-0.05, 0) is 31.5 Å². The molecule has 6 nitrogen and oxygen atoms in total. The molecule has 2 aliphatic rings. The number of hydrogen-bond acceptors (Lipinski definition) is 5. The number of ether oxygens (including phenoxy) is 2. The van der Waals surface area contributed by atoms with E-state index in [4.69, 9.17) is 9.47 Å². The number of aromatic nitrogens is 2. The van der Waals surface area contributed by atoms with Crippen molar-refractivity contribution in [2.24, 2.45) is 0 Å². The maximum Gasteiger partial charge on any atom is 0.144 e. The van der Waals surface area contributed by atoms with Crippen LogP contribution in [-0.4, -0.2) is 72.1 Å². The van der Waals surface area contributed by atoms with Gasteiger partial charge in [-0.1, -0.05) is 12.1 Å². The van der Waals surface area contributed by atoms with Gasteiger partial charge in [0.2, 0.25) is 0 Å². The molecule has 0 bridgehead atoms. The van der Waals surface area contributed by atoms with Crippen LogP contribution in [-0.2, 0) is 11.3 Å². The van der Waals surface area contributed by atoms with Gasteiger partial charge in [-0.2, -0.15) is 5.10 Å². The van der Waals surface area contributed by atoms with E-state index >= 15 is 0 Å². The Hall–Kier alpha value is -1.89. The van der Waals surface area contributed by atoms with E-state index in [1.165, 1.54) is 24.9 Å². The normalized spacial score (nSPS) is 22.4. The van der Waals surface area contributed by atoms with E-state index in [9.17, 15) is 0 Å². The molecule has 0 aliphatic carbocycles. The highest BCUT2D eigenvalue weighted by molar-refractivity contribution is 5.46. The number of rotatable bonds is 5. The molecule has 1 aromatic heterocycles. The van der Waals surface area contributed by atoms with E-state index in [2.05, 4.69) is 21.1 Å². The van der Waals surface area contributed by atoms with Gasteiger partial charge in [-0.3, -0.25) is 9.80 Å². The zero-order chi connectivity index (χ0) is 17.8. The largest absolute Gasteiger partial charge is 0.494 e. The third-order valence-electron chi connectivity index (χ3n) is 5.42. The molecule has 2 fully saturated rings. The molecular weight excluding hydrogens is 328 g/mol. The van der Waals surface area contributed by atoms with E-state index in [-0.39, 0.29) is 0 Å². The lowest BCUT2D eigenvalue weighted by atomic mass is 10.0. The average Bonchev–Trinajstić information content (AvgIpc) is 3.17. The fourth-order valence-corrected chi connectivity index (χ4v) is 4.07. The van der Waals surface area contributed by atoms with Crippen LogP contribution in [0.3, 0.4) is 0 Å². The van der Waals surface area contributed by atoms with Crippen LogP contribution in [0.4, 0.5) is 0 Å². The first kappa shape index (κ1) is 17.5. The van der Waals surface area contributed by atoms with Gasteiger partial charge in [0, 0.05) is 44.0 Å². The van der Waals surface area contributed by atoms with Gasteiger partial charge >= 0.3 is 0 Å². The fourth-order valence-electron chi connectivity index (χ4n) is 4.07. The summed E-state index contributed by atoms with van der Waals surface area (Å²) >= 11 is 0. The van der Waals surface area contributed by atoms with Gasteiger partial charge in [0.25, 0.3) is 0 Å². The Balaban J connectivity index is 1.40. The second-order valence-electron chi connectivity index (χ2n) is 7.14. The van der Waals surface area contributed by atoms with E-state index in [1.54, 1.807) is 7.11 Å². The number of methoxy groups -OCH3 is 1. The van der Waals surface area contributed by atoms with E-state index in [1.807, 2.05) is 35.1 Å². The van der Waals surface area contributed by atoms with Crippen LogP contribution in [0.2, 0.25) is 0 Å². The lowest BCUT2D eigenvalue weighted by Crippen LogP contribution is -2.51. The van der Waals surface area contributed by atoms with Crippen LogP contribution >= 0.6 is 0 Å². The maximum atomic E-state index is 5.50. The Morgan fingerprint density at radius 1 is 1.19 bits per heavy atom. The molecule has 1 aromatic carbocycles. The molecule has 0 saturated carbocycles. The van der Waals surface area contributed by atoms with Crippen LogP contribution in [0.25, 0.3) is 5.69 Å². The number of morpholine rings is 1.